The van der Waals surface area contributed by atoms with Crippen molar-refractivity contribution in [2.75, 3.05) is 4.90 Å². The summed E-state index contributed by atoms with van der Waals surface area (Å²) >= 11 is 0. The molecule has 2 unspecified atom stereocenters. The Morgan fingerprint density at radius 1 is 0.527 bits per heavy atom. The molecule has 0 amide bonds. The zero-order valence-corrected chi connectivity index (χ0v) is 29.6. The average Bonchev–Trinajstić information content (AvgIpc) is 3.89. The zero-order chi connectivity index (χ0) is 36.6. The largest absolute Gasteiger partial charge is 0.333 e. The number of nitriles is 2. The molecule has 0 bridgehead atoms. The number of allylic oxidation sites excluding steroid dienone is 2. The highest BCUT2D eigenvalue weighted by Crippen LogP contribution is 2.54. The average molecular weight is 702 g/mol. The molecule has 256 valence electrons. The van der Waals surface area contributed by atoms with E-state index in [2.05, 4.69) is 166 Å². The van der Waals surface area contributed by atoms with Crippen LogP contribution in [0.5, 0.6) is 0 Å². The molecule has 5 heteroatoms. The summed E-state index contributed by atoms with van der Waals surface area (Å²) in [6, 6.07) is 59.8. The van der Waals surface area contributed by atoms with Crippen molar-refractivity contribution in [3.63, 3.8) is 0 Å². The number of para-hydroxylation sites is 6. The first-order valence-electron chi connectivity index (χ1n) is 18.6. The first-order valence-corrected chi connectivity index (χ1v) is 18.6. The molecule has 0 fully saturated rings. The van der Waals surface area contributed by atoms with Gasteiger partial charge in [0.25, 0.3) is 0 Å². The molecule has 55 heavy (non-hydrogen) atoms. The van der Waals surface area contributed by atoms with E-state index in [1.54, 1.807) is 0 Å². The molecule has 1 aliphatic carbocycles. The molecule has 2 aromatic heterocycles. The Kier molecular flexibility index (Phi) is 6.74. The highest BCUT2D eigenvalue weighted by Gasteiger charge is 2.42. The number of anilines is 2. The van der Waals surface area contributed by atoms with E-state index in [1.807, 2.05) is 36.4 Å². The lowest BCUT2D eigenvalue weighted by atomic mass is 9.87. The highest BCUT2D eigenvalue weighted by atomic mass is 15.2. The maximum Gasteiger partial charge on any atom is 0.101 e. The second kappa shape index (κ2) is 12.0. The monoisotopic (exact) mass is 701 g/mol. The smallest absolute Gasteiger partial charge is 0.101 e. The fourth-order valence-corrected chi connectivity index (χ4v) is 9.34. The van der Waals surface area contributed by atoms with Gasteiger partial charge in [-0.15, -0.1) is 0 Å². The summed E-state index contributed by atoms with van der Waals surface area (Å²) in [5.74, 6) is 0.0662. The summed E-state index contributed by atoms with van der Waals surface area (Å²) < 4.78 is 4.60. The summed E-state index contributed by atoms with van der Waals surface area (Å²) in [6.45, 7) is 0. The zero-order valence-electron chi connectivity index (χ0n) is 29.6. The third-order valence-corrected chi connectivity index (χ3v) is 11.5. The van der Waals surface area contributed by atoms with E-state index in [0.29, 0.717) is 11.1 Å². The van der Waals surface area contributed by atoms with Crippen molar-refractivity contribution in [3.8, 4) is 29.0 Å². The van der Waals surface area contributed by atoms with Crippen molar-refractivity contribution in [1.29, 1.82) is 10.5 Å². The second-order valence-corrected chi connectivity index (χ2v) is 14.3. The molecule has 3 heterocycles. The molecule has 2 atom stereocenters. The van der Waals surface area contributed by atoms with Gasteiger partial charge in [-0.05, 0) is 71.8 Å². The van der Waals surface area contributed by atoms with E-state index in [0.717, 1.165) is 44.3 Å². The standard InChI is InChI=1S/C50H31N5/c51-30-32-27-34(29-35(28-32)53-43-21-7-4-17-39(43)40-19-11-13-33(31-52)50(40)53)36-14-1-6-20-42(36)54-46-24-10-5-18-41(46)49-47(54)25-12-26-48(49)55-44-22-8-2-15-37(44)38-16-3-9-23-45(38)55/h1-29,47,49H. The van der Waals surface area contributed by atoms with Gasteiger partial charge in [-0.25, -0.2) is 0 Å². The van der Waals surface area contributed by atoms with Crippen molar-refractivity contribution in [1.82, 2.24) is 9.13 Å². The van der Waals surface area contributed by atoms with Gasteiger partial charge in [0.15, 0.2) is 0 Å². The van der Waals surface area contributed by atoms with Crippen molar-refractivity contribution >= 4 is 60.7 Å². The summed E-state index contributed by atoms with van der Waals surface area (Å²) in [7, 11) is 0. The third kappa shape index (κ3) is 4.45. The number of rotatable bonds is 4. The maximum atomic E-state index is 10.5. The Morgan fingerprint density at radius 3 is 1.87 bits per heavy atom. The van der Waals surface area contributed by atoms with Gasteiger partial charge in [-0.2, -0.15) is 10.5 Å². The number of hydrogen-bond donors (Lipinski definition) is 0. The van der Waals surface area contributed by atoms with Gasteiger partial charge in [0.05, 0.1) is 51.2 Å². The quantitative estimate of drug-likeness (QED) is 0.183. The van der Waals surface area contributed by atoms with Crippen LogP contribution in [0.1, 0.15) is 22.6 Å². The molecule has 5 nitrogen and oxygen atoms in total. The topological polar surface area (TPSA) is 60.7 Å². The lowest BCUT2D eigenvalue weighted by molar-refractivity contribution is 0.736. The van der Waals surface area contributed by atoms with E-state index in [1.165, 1.54) is 38.8 Å². The first-order chi connectivity index (χ1) is 27.2. The Bertz CT molecular complexity index is 3160. The normalized spacial score (nSPS) is 16.0. The lowest BCUT2D eigenvalue weighted by Crippen LogP contribution is -2.31. The van der Waals surface area contributed by atoms with E-state index in [-0.39, 0.29) is 12.0 Å². The van der Waals surface area contributed by atoms with Crippen LogP contribution in [-0.4, -0.2) is 15.2 Å². The van der Waals surface area contributed by atoms with Crippen LogP contribution in [0.15, 0.2) is 176 Å². The van der Waals surface area contributed by atoms with Crippen LogP contribution in [0.3, 0.4) is 0 Å². The highest BCUT2D eigenvalue weighted by molar-refractivity contribution is 6.12. The Hall–Kier alpha value is -7.60. The number of hydrogen-bond acceptors (Lipinski definition) is 3. The van der Waals surface area contributed by atoms with Crippen molar-refractivity contribution in [2.45, 2.75) is 12.0 Å². The Morgan fingerprint density at radius 2 is 1.15 bits per heavy atom. The molecule has 0 spiro atoms. The van der Waals surface area contributed by atoms with Gasteiger partial charge in [0.2, 0.25) is 0 Å². The van der Waals surface area contributed by atoms with Gasteiger partial charge in [0, 0.05) is 49.9 Å². The molecular weight excluding hydrogens is 671 g/mol. The van der Waals surface area contributed by atoms with Crippen molar-refractivity contribution in [3.05, 3.63) is 193 Å². The molecule has 0 N–H and O–H groups in total. The van der Waals surface area contributed by atoms with Crippen molar-refractivity contribution in [2.24, 2.45) is 0 Å². The van der Waals surface area contributed by atoms with Crippen LogP contribution in [0.4, 0.5) is 11.4 Å². The van der Waals surface area contributed by atoms with Crippen LogP contribution in [0.25, 0.3) is 66.1 Å². The van der Waals surface area contributed by atoms with E-state index in [4.69, 9.17) is 0 Å². The van der Waals surface area contributed by atoms with Gasteiger partial charge in [0.1, 0.15) is 6.07 Å². The number of aromatic nitrogens is 2. The second-order valence-electron chi connectivity index (χ2n) is 14.3. The molecule has 7 aromatic carbocycles. The van der Waals surface area contributed by atoms with Gasteiger partial charge in [-0.3, -0.25) is 0 Å². The molecule has 0 radical (unpaired) electrons. The molecule has 9 aromatic rings. The predicted octanol–water partition coefficient (Wildman–Crippen LogP) is 12.0. The summed E-state index contributed by atoms with van der Waals surface area (Å²) in [5.41, 5.74) is 12.9. The summed E-state index contributed by atoms with van der Waals surface area (Å²) in [6.07, 6.45) is 6.83. The first kappa shape index (κ1) is 31.0. The van der Waals surface area contributed by atoms with Gasteiger partial charge >= 0.3 is 0 Å². The van der Waals surface area contributed by atoms with Crippen LogP contribution in [0.2, 0.25) is 0 Å². The van der Waals surface area contributed by atoms with E-state index in [9.17, 15) is 10.5 Å². The third-order valence-electron chi connectivity index (χ3n) is 11.5. The SMILES string of the molecule is N#Cc1cc(-c2ccccc2N2c3ccccc3C3C(n4c5ccccc5c5ccccc54)=CC=CC32)cc(-n2c3ccccc3c3cccc(C#N)c32)c1. The summed E-state index contributed by atoms with van der Waals surface area (Å²) in [5, 5.41) is 25.3. The Balaban J connectivity index is 1.10. The predicted molar refractivity (Wildman–Crippen MR) is 224 cm³/mol. The van der Waals surface area contributed by atoms with E-state index < -0.39 is 0 Å². The number of benzene rings is 7. The Labute approximate surface area is 317 Å². The fourth-order valence-electron chi connectivity index (χ4n) is 9.34. The van der Waals surface area contributed by atoms with E-state index >= 15 is 0 Å². The molecule has 11 rings (SSSR count). The minimum atomic E-state index is 0.00705. The molecule has 0 saturated heterocycles. The van der Waals surface area contributed by atoms with Crippen molar-refractivity contribution < 1.29 is 0 Å². The van der Waals surface area contributed by atoms with Crippen LogP contribution in [-0.2, 0) is 0 Å². The van der Waals surface area contributed by atoms with Crippen LogP contribution >= 0.6 is 0 Å². The minimum Gasteiger partial charge on any atom is -0.333 e. The molecule has 0 saturated carbocycles. The number of nitrogens with zero attached hydrogens (tertiary/aromatic N) is 5. The lowest BCUT2D eigenvalue weighted by Gasteiger charge is -2.33. The van der Waals surface area contributed by atoms with Gasteiger partial charge < -0.3 is 14.0 Å². The minimum absolute atomic E-state index is 0.00705. The van der Waals surface area contributed by atoms with Crippen LogP contribution < -0.4 is 4.90 Å². The molecule has 1 aliphatic heterocycles. The number of fused-ring (bicyclic) bond motifs is 9. The summed E-state index contributed by atoms with van der Waals surface area (Å²) in [4.78, 5) is 2.49. The molecular formula is C50H31N5. The van der Waals surface area contributed by atoms with Gasteiger partial charge in [-0.1, -0.05) is 115 Å². The fraction of sp³-hybridized carbons (Fsp3) is 0.0400. The maximum absolute atomic E-state index is 10.5. The molecule has 2 aliphatic rings. The van der Waals surface area contributed by atoms with Crippen LogP contribution in [0, 0.1) is 22.7 Å².